The lowest BCUT2D eigenvalue weighted by atomic mass is 9.92. The molecule has 0 spiro atoms. The Kier molecular flexibility index (Phi) is 5.64. The predicted octanol–water partition coefficient (Wildman–Crippen LogP) is -0.301. The molecular formula is C16H19NO9S. The first-order valence-electron chi connectivity index (χ1n) is 7.86. The van der Waals surface area contributed by atoms with Crippen molar-refractivity contribution in [1.29, 1.82) is 0 Å². The highest BCUT2D eigenvalue weighted by molar-refractivity contribution is 7.74. The van der Waals surface area contributed by atoms with Crippen molar-refractivity contribution in [3.8, 4) is 11.5 Å². The summed E-state index contributed by atoms with van der Waals surface area (Å²) in [6.07, 6.45) is 0.0993. The number of nitrogens with zero attached hydrogens (tertiary/aromatic N) is 1. The normalized spacial score (nSPS) is 19.9. The van der Waals surface area contributed by atoms with Gasteiger partial charge >= 0.3 is 11.9 Å². The monoisotopic (exact) mass is 401 g/mol. The van der Waals surface area contributed by atoms with E-state index in [0.717, 1.165) is 30.0 Å². The number of benzene rings is 1. The van der Waals surface area contributed by atoms with Crippen LogP contribution in [0.1, 0.15) is 30.6 Å². The minimum atomic E-state index is -3.41. The molecule has 3 atom stereocenters. The lowest BCUT2D eigenvalue weighted by Gasteiger charge is -2.46. The number of β-lactam (4-membered cyclic amide) rings is 1. The Labute approximate surface area is 155 Å². The number of hydrogen-bond acceptors (Lipinski definition) is 8. The summed E-state index contributed by atoms with van der Waals surface area (Å²) < 4.78 is 26.6. The molecule has 1 heterocycles. The molecule has 0 radical (unpaired) electrons. The minimum absolute atomic E-state index is 0.0993. The highest BCUT2D eigenvalue weighted by atomic mass is 32.2. The number of thiol groups is 1. The zero-order valence-corrected chi connectivity index (χ0v) is 15.4. The molecule has 0 aromatic heterocycles. The van der Waals surface area contributed by atoms with Gasteiger partial charge in [-0.15, -0.1) is 0 Å². The number of carbonyl (C=O) groups is 3. The fraction of sp³-hybridized carbons (Fsp3) is 0.438. The van der Waals surface area contributed by atoms with E-state index in [0.29, 0.717) is 0 Å². The number of phenols is 2. The molecule has 3 N–H and O–H groups in total. The summed E-state index contributed by atoms with van der Waals surface area (Å²) in [5, 5.41) is 28.2. The van der Waals surface area contributed by atoms with Crippen LogP contribution in [0, 0.1) is 0 Å². The first-order valence-corrected chi connectivity index (χ1v) is 9.04. The average molecular weight is 401 g/mol. The molecular weight excluding hydrogens is 382 g/mol. The largest absolute Gasteiger partial charge is 0.504 e. The molecule has 1 aliphatic rings. The van der Waals surface area contributed by atoms with E-state index in [9.17, 15) is 38.1 Å². The maximum Gasteiger partial charge on any atom is 0.338 e. The Bertz CT molecular complexity index is 857. The van der Waals surface area contributed by atoms with Crippen LogP contribution in [-0.4, -0.2) is 69.9 Å². The SMILES string of the molecule is C[C@@H]1CC(=O)N1[C@@H](C(=O)O)[C@](C)(COC(=O)c1ccc(O)c(O)c1)[SH](=O)=O. The van der Waals surface area contributed by atoms with Crippen LogP contribution >= 0.6 is 0 Å². The third-order valence-electron chi connectivity index (χ3n) is 4.46. The number of carboxylic acids is 1. The summed E-state index contributed by atoms with van der Waals surface area (Å²) in [6.45, 7) is 1.85. The predicted molar refractivity (Wildman–Crippen MR) is 91.1 cm³/mol. The molecule has 0 unspecified atom stereocenters. The van der Waals surface area contributed by atoms with E-state index < -0.39 is 63.5 Å². The number of amides is 1. The van der Waals surface area contributed by atoms with E-state index in [4.69, 9.17) is 4.74 Å². The van der Waals surface area contributed by atoms with Crippen molar-refractivity contribution in [2.45, 2.75) is 37.1 Å². The molecule has 11 heteroatoms. The van der Waals surface area contributed by atoms with E-state index in [-0.39, 0.29) is 12.0 Å². The van der Waals surface area contributed by atoms with Gasteiger partial charge in [0.05, 0.1) is 5.56 Å². The number of carboxylic acid groups (broad SMARTS) is 1. The lowest BCUT2D eigenvalue weighted by molar-refractivity contribution is -0.163. The molecule has 1 fully saturated rings. The van der Waals surface area contributed by atoms with Gasteiger partial charge in [0.15, 0.2) is 28.2 Å². The van der Waals surface area contributed by atoms with Crippen molar-refractivity contribution < 1.29 is 42.9 Å². The van der Waals surface area contributed by atoms with Gasteiger partial charge in [0.2, 0.25) is 5.91 Å². The highest BCUT2D eigenvalue weighted by Crippen LogP contribution is 2.31. The Balaban J connectivity index is 2.27. The first kappa shape index (κ1) is 20.5. The number of aromatic hydroxyl groups is 2. The summed E-state index contributed by atoms with van der Waals surface area (Å²) in [4.78, 5) is 36.6. The number of esters is 1. The summed E-state index contributed by atoms with van der Waals surface area (Å²) >= 11 is 0. The number of rotatable bonds is 7. The van der Waals surface area contributed by atoms with Gasteiger partial charge in [-0.05, 0) is 32.0 Å². The van der Waals surface area contributed by atoms with Gasteiger partial charge in [-0.2, -0.15) is 0 Å². The van der Waals surface area contributed by atoms with Crippen LogP contribution in [0.25, 0.3) is 0 Å². The van der Waals surface area contributed by atoms with Gasteiger partial charge in [-0.3, -0.25) is 4.79 Å². The maximum atomic E-state index is 12.1. The van der Waals surface area contributed by atoms with Crippen LogP contribution in [0.2, 0.25) is 0 Å². The average Bonchev–Trinajstić information content (AvgIpc) is 2.59. The first-order chi connectivity index (χ1) is 12.5. The highest BCUT2D eigenvalue weighted by Gasteiger charge is 2.53. The molecule has 1 aliphatic heterocycles. The molecule has 1 saturated heterocycles. The molecule has 10 nitrogen and oxygen atoms in total. The van der Waals surface area contributed by atoms with E-state index in [1.54, 1.807) is 6.92 Å². The third-order valence-corrected chi connectivity index (χ3v) is 5.67. The number of ether oxygens (including phenoxy) is 1. The Morgan fingerprint density at radius 1 is 1.33 bits per heavy atom. The topological polar surface area (TPSA) is 159 Å². The Morgan fingerprint density at radius 3 is 2.41 bits per heavy atom. The van der Waals surface area contributed by atoms with Gasteiger partial charge < -0.3 is 25.0 Å². The van der Waals surface area contributed by atoms with Crippen LogP contribution in [0.15, 0.2) is 18.2 Å². The molecule has 0 saturated carbocycles. The number of carbonyl (C=O) groups excluding carboxylic acids is 2. The smallest absolute Gasteiger partial charge is 0.338 e. The Morgan fingerprint density at radius 2 is 1.96 bits per heavy atom. The molecule has 1 aromatic rings. The zero-order chi connectivity index (χ0) is 20.5. The van der Waals surface area contributed by atoms with Crippen LogP contribution in [0.5, 0.6) is 11.5 Å². The minimum Gasteiger partial charge on any atom is -0.504 e. The van der Waals surface area contributed by atoms with E-state index in [1.165, 1.54) is 0 Å². The van der Waals surface area contributed by atoms with Crippen LogP contribution in [0.3, 0.4) is 0 Å². The van der Waals surface area contributed by atoms with Crippen molar-refractivity contribution in [3.63, 3.8) is 0 Å². The van der Waals surface area contributed by atoms with Gasteiger partial charge in [-0.25, -0.2) is 18.0 Å². The number of likely N-dealkylation sites (tertiary alicyclic amines) is 1. The molecule has 1 aromatic carbocycles. The number of aliphatic carboxylic acids is 1. The van der Waals surface area contributed by atoms with Gasteiger partial charge in [0, 0.05) is 12.5 Å². The van der Waals surface area contributed by atoms with Crippen molar-refractivity contribution in [3.05, 3.63) is 23.8 Å². The van der Waals surface area contributed by atoms with E-state index >= 15 is 0 Å². The van der Waals surface area contributed by atoms with Gasteiger partial charge in [-0.1, -0.05) is 0 Å². The molecule has 27 heavy (non-hydrogen) atoms. The van der Waals surface area contributed by atoms with Crippen LogP contribution in [0.4, 0.5) is 0 Å². The maximum absolute atomic E-state index is 12.1. The third kappa shape index (κ3) is 3.82. The molecule has 148 valence electrons. The number of hydrogen-bond donors (Lipinski definition) is 4. The quantitative estimate of drug-likeness (QED) is 0.208. The molecule has 0 aliphatic carbocycles. The van der Waals surface area contributed by atoms with Crippen molar-refractivity contribution in [2.75, 3.05) is 6.61 Å². The second-order valence-electron chi connectivity index (χ2n) is 6.49. The summed E-state index contributed by atoms with van der Waals surface area (Å²) in [7, 11) is -3.41. The van der Waals surface area contributed by atoms with Crippen molar-refractivity contribution in [2.24, 2.45) is 0 Å². The fourth-order valence-electron chi connectivity index (χ4n) is 2.85. The van der Waals surface area contributed by atoms with Crippen LogP contribution in [-0.2, 0) is 25.0 Å². The summed E-state index contributed by atoms with van der Waals surface area (Å²) in [5.74, 6) is -4.11. The van der Waals surface area contributed by atoms with Gasteiger partial charge in [0.1, 0.15) is 11.4 Å². The molecule has 0 bridgehead atoms. The fourth-order valence-corrected chi connectivity index (χ4v) is 3.45. The molecule has 2 rings (SSSR count). The molecule has 1 amide bonds. The second-order valence-corrected chi connectivity index (χ2v) is 8.02. The lowest BCUT2D eigenvalue weighted by Crippen LogP contribution is -2.67. The van der Waals surface area contributed by atoms with E-state index in [1.807, 2.05) is 0 Å². The van der Waals surface area contributed by atoms with Gasteiger partial charge in [0.25, 0.3) is 0 Å². The van der Waals surface area contributed by atoms with Crippen molar-refractivity contribution >= 4 is 28.5 Å². The summed E-state index contributed by atoms with van der Waals surface area (Å²) in [6, 6.07) is 0.914. The number of phenolic OH excluding ortho intramolecular Hbond substituents is 2. The zero-order valence-electron chi connectivity index (χ0n) is 14.5. The Hall–Kier alpha value is -2.82. The standard InChI is InChI=1S/C16H19NO9S/c1-8-5-12(20)17(8)13(14(21)22)16(2,27(24)25)7-26-15(23)9-3-4-10(18)11(19)6-9/h3-4,6,8,13,18-19,27H,5,7H2,1-2H3,(H,21,22)/t8-,13+,16+/m1/s1. The summed E-state index contributed by atoms with van der Waals surface area (Å²) in [5.41, 5.74) is -0.172. The van der Waals surface area contributed by atoms with Crippen LogP contribution < -0.4 is 0 Å². The van der Waals surface area contributed by atoms with Crippen molar-refractivity contribution in [1.82, 2.24) is 4.90 Å². The van der Waals surface area contributed by atoms with E-state index in [2.05, 4.69) is 0 Å². The second kappa shape index (κ2) is 7.43.